The average Bonchev–Trinajstić information content (AvgIpc) is 2.50. The molecule has 1 N–H and O–H groups in total. The molecule has 1 unspecified atom stereocenters. The molecule has 27 heavy (non-hydrogen) atoms. The Morgan fingerprint density at radius 3 is 2.11 bits per heavy atom. The normalized spacial score (nSPS) is 13.2. The molecule has 2 nitrogen and oxygen atoms in total. The van der Waals surface area contributed by atoms with Crippen molar-refractivity contribution in [2.45, 2.75) is 19.0 Å². The van der Waals surface area contributed by atoms with Crippen molar-refractivity contribution in [3.8, 4) is 0 Å². The number of alkyl halides is 3. The smallest absolute Gasteiger partial charge is 0.399 e. The molecule has 0 saturated heterocycles. The Morgan fingerprint density at radius 2 is 1.67 bits per heavy atom. The van der Waals surface area contributed by atoms with Crippen molar-refractivity contribution in [2.75, 3.05) is 0 Å². The van der Waals surface area contributed by atoms with Gasteiger partial charge in [-0.2, -0.15) is 13.2 Å². The minimum atomic E-state index is -4.68. The lowest BCUT2D eigenvalue weighted by molar-refractivity contribution is -0.139. The predicted octanol–water partition coefficient (Wildman–Crippen LogP) is 7.15. The van der Waals surface area contributed by atoms with Crippen molar-refractivity contribution in [1.29, 1.82) is 0 Å². The van der Waals surface area contributed by atoms with Crippen LogP contribution in [0.2, 0.25) is 15.1 Å². The van der Waals surface area contributed by atoms with E-state index in [1.54, 1.807) is 0 Å². The van der Waals surface area contributed by atoms with Gasteiger partial charge in [-0.25, -0.2) is 9.18 Å². The Hall–Kier alpha value is -1.76. The number of carboxylic acids is 1. The van der Waals surface area contributed by atoms with E-state index >= 15 is 0 Å². The number of rotatable bonds is 4. The van der Waals surface area contributed by atoms with E-state index < -0.39 is 29.4 Å². The van der Waals surface area contributed by atoms with Crippen LogP contribution >= 0.6 is 34.8 Å². The zero-order valence-electron chi connectivity index (χ0n) is 13.5. The average molecular weight is 442 g/mol. The largest absolute Gasteiger partial charge is 0.478 e. The Labute approximate surface area is 167 Å². The van der Waals surface area contributed by atoms with Gasteiger partial charge in [-0.1, -0.05) is 53.0 Å². The van der Waals surface area contributed by atoms with Gasteiger partial charge < -0.3 is 5.11 Å². The number of benzene rings is 2. The molecule has 0 spiro atoms. The number of allylic oxidation sites excluding steroid dienone is 1. The summed E-state index contributed by atoms with van der Waals surface area (Å²) < 4.78 is 54.3. The fourth-order valence-electron chi connectivity index (χ4n) is 2.51. The van der Waals surface area contributed by atoms with Gasteiger partial charge in [-0.15, -0.1) is 0 Å². The van der Waals surface area contributed by atoms with Crippen molar-refractivity contribution >= 4 is 46.8 Å². The molecule has 9 heteroatoms. The van der Waals surface area contributed by atoms with Crippen LogP contribution < -0.4 is 0 Å². The molecule has 0 aliphatic heterocycles. The molecule has 2 aromatic rings. The Morgan fingerprint density at radius 1 is 1.11 bits per heavy atom. The number of carboxylic acid groups (broad SMARTS) is 1. The molecule has 144 valence electrons. The molecule has 0 bridgehead atoms. The van der Waals surface area contributed by atoms with Crippen LogP contribution in [0.1, 0.15) is 33.0 Å². The molecular formula is C18H11Cl3F4O2. The van der Waals surface area contributed by atoms with Crippen molar-refractivity contribution in [1.82, 2.24) is 0 Å². The molecular weight excluding hydrogens is 431 g/mol. The molecule has 2 rings (SSSR count). The van der Waals surface area contributed by atoms with Crippen LogP contribution in [0, 0.1) is 12.7 Å². The van der Waals surface area contributed by atoms with Gasteiger partial charge in [0.05, 0.1) is 26.5 Å². The summed E-state index contributed by atoms with van der Waals surface area (Å²) in [5.41, 5.74) is -0.605. The SMILES string of the molecule is Cc1cc(C=CC(c2cc(Cl)c(Cl)c(Cl)c2)C(F)(F)F)cc(F)c1C(=O)O. The van der Waals surface area contributed by atoms with Gasteiger partial charge in [0.2, 0.25) is 0 Å². The van der Waals surface area contributed by atoms with E-state index in [4.69, 9.17) is 39.9 Å². The molecule has 1 atom stereocenters. The minimum Gasteiger partial charge on any atom is -0.478 e. The van der Waals surface area contributed by atoms with E-state index in [0.717, 1.165) is 30.4 Å². The summed E-state index contributed by atoms with van der Waals surface area (Å²) in [6, 6.07) is 4.23. The number of halogens is 7. The van der Waals surface area contributed by atoms with Gasteiger partial charge in [0, 0.05) is 0 Å². The number of hydrogen-bond donors (Lipinski definition) is 1. The van der Waals surface area contributed by atoms with E-state index in [0.29, 0.717) is 0 Å². The lowest BCUT2D eigenvalue weighted by Crippen LogP contribution is -2.19. The van der Waals surface area contributed by atoms with Gasteiger partial charge in [0.1, 0.15) is 5.82 Å². The van der Waals surface area contributed by atoms with Gasteiger partial charge >= 0.3 is 12.1 Å². The van der Waals surface area contributed by atoms with Crippen LogP contribution in [-0.2, 0) is 0 Å². The second-order valence-corrected chi connectivity index (χ2v) is 6.87. The standard InChI is InChI=1S/C18H11Cl3F4O2/c1-8-4-9(5-14(22)15(8)17(26)27)2-3-11(18(23,24)25)10-6-12(19)16(21)13(20)7-10/h2-7,11H,1H3,(H,26,27). The molecule has 0 aliphatic rings. The Kier molecular flexibility index (Phi) is 6.45. The maximum absolute atomic E-state index is 13.9. The van der Waals surface area contributed by atoms with Crippen LogP contribution in [-0.4, -0.2) is 17.3 Å². The first-order valence-corrected chi connectivity index (χ1v) is 8.48. The maximum atomic E-state index is 13.9. The molecule has 0 aromatic heterocycles. The van der Waals surface area contributed by atoms with Crippen molar-refractivity contribution < 1.29 is 27.5 Å². The van der Waals surface area contributed by atoms with Gasteiger partial charge in [0.15, 0.2) is 0 Å². The third-order valence-electron chi connectivity index (χ3n) is 3.72. The summed E-state index contributed by atoms with van der Waals surface area (Å²) in [4.78, 5) is 11.0. The van der Waals surface area contributed by atoms with E-state index in [1.165, 1.54) is 13.0 Å². The summed E-state index contributed by atoms with van der Waals surface area (Å²) in [7, 11) is 0. The quantitative estimate of drug-likeness (QED) is 0.404. The summed E-state index contributed by atoms with van der Waals surface area (Å²) in [6.45, 7) is 1.35. The highest BCUT2D eigenvalue weighted by Crippen LogP contribution is 2.41. The third kappa shape index (κ3) is 4.94. The number of hydrogen-bond acceptors (Lipinski definition) is 1. The van der Waals surface area contributed by atoms with Crippen molar-refractivity contribution in [3.05, 3.63) is 73.5 Å². The van der Waals surface area contributed by atoms with E-state index in [9.17, 15) is 22.4 Å². The highest BCUT2D eigenvalue weighted by Gasteiger charge is 2.39. The van der Waals surface area contributed by atoms with Gasteiger partial charge in [-0.3, -0.25) is 0 Å². The predicted molar refractivity (Wildman–Crippen MR) is 97.4 cm³/mol. The molecule has 0 aliphatic carbocycles. The van der Waals surface area contributed by atoms with Crippen LogP contribution in [0.5, 0.6) is 0 Å². The second-order valence-electron chi connectivity index (χ2n) is 5.68. The molecule has 0 amide bonds. The van der Waals surface area contributed by atoms with Crippen LogP contribution in [0.3, 0.4) is 0 Å². The zero-order valence-corrected chi connectivity index (χ0v) is 15.8. The third-order valence-corrected chi connectivity index (χ3v) is 4.92. The fraction of sp³-hybridized carbons (Fsp3) is 0.167. The molecule has 0 fully saturated rings. The van der Waals surface area contributed by atoms with Crippen LogP contribution in [0.25, 0.3) is 6.08 Å². The lowest BCUT2D eigenvalue weighted by atomic mass is 9.96. The summed E-state index contributed by atoms with van der Waals surface area (Å²) >= 11 is 17.4. The van der Waals surface area contributed by atoms with E-state index in [1.807, 2.05) is 0 Å². The van der Waals surface area contributed by atoms with Gasteiger partial charge in [0.25, 0.3) is 0 Å². The van der Waals surface area contributed by atoms with Crippen LogP contribution in [0.15, 0.2) is 30.3 Å². The molecule has 2 aromatic carbocycles. The van der Waals surface area contributed by atoms with Crippen LogP contribution in [0.4, 0.5) is 17.6 Å². The van der Waals surface area contributed by atoms with Crippen molar-refractivity contribution in [3.63, 3.8) is 0 Å². The Bertz CT molecular complexity index is 877. The Balaban J connectivity index is 2.48. The van der Waals surface area contributed by atoms with E-state index in [-0.39, 0.29) is 31.8 Å². The molecule has 0 heterocycles. The topological polar surface area (TPSA) is 37.3 Å². The molecule has 0 saturated carbocycles. The monoisotopic (exact) mass is 440 g/mol. The first kappa shape index (κ1) is 21.5. The minimum absolute atomic E-state index is 0.0612. The zero-order chi connectivity index (χ0) is 20.5. The summed E-state index contributed by atoms with van der Waals surface area (Å²) in [5, 5.41) is 8.62. The first-order chi connectivity index (χ1) is 12.4. The summed E-state index contributed by atoms with van der Waals surface area (Å²) in [6.07, 6.45) is -2.81. The highest BCUT2D eigenvalue weighted by atomic mass is 35.5. The molecule has 0 radical (unpaired) electrons. The number of aromatic carboxylic acids is 1. The number of carbonyl (C=O) groups is 1. The van der Waals surface area contributed by atoms with Gasteiger partial charge in [-0.05, 0) is 41.8 Å². The summed E-state index contributed by atoms with van der Waals surface area (Å²) in [5.74, 6) is -4.57. The lowest BCUT2D eigenvalue weighted by Gasteiger charge is -2.18. The fourth-order valence-corrected chi connectivity index (χ4v) is 3.12. The highest BCUT2D eigenvalue weighted by molar-refractivity contribution is 6.48. The van der Waals surface area contributed by atoms with E-state index in [2.05, 4.69) is 0 Å². The van der Waals surface area contributed by atoms with Crippen molar-refractivity contribution in [2.24, 2.45) is 0 Å². The maximum Gasteiger partial charge on any atom is 0.399 e. The number of aryl methyl sites for hydroxylation is 1. The first-order valence-electron chi connectivity index (χ1n) is 7.34. The second kappa shape index (κ2) is 8.09.